The number of rotatable bonds is 3. The molecule has 3 heterocycles. The van der Waals surface area contributed by atoms with E-state index in [2.05, 4.69) is 9.88 Å². The Balaban J connectivity index is 1.71. The molecule has 1 amide bonds. The Morgan fingerprint density at radius 1 is 1.04 bits per heavy atom. The predicted molar refractivity (Wildman–Crippen MR) is 86.6 cm³/mol. The van der Waals surface area contributed by atoms with Gasteiger partial charge in [0.1, 0.15) is 11.9 Å². The monoisotopic (exact) mass is 317 g/mol. The molecule has 6 nitrogen and oxygen atoms in total. The van der Waals surface area contributed by atoms with E-state index in [-0.39, 0.29) is 5.91 Å². The van der Waals surface area contributed by atoms with Gasteiger partial charge >= 0.3 is 5.97 Å². The van der Waals surface area contributed by atoms with Crippen LogP contribution >= 0.6 is 0 Å². The number of hydrogen-bond acceptors (Lipinski definition) is 4. The van der Waals surface area contributed by atoms with Crippen molar-refractivity contribution < 1.29 is 14.7 Å². The first-order chi connectivity index (χ1) is 11.2. The summed E-state index contributed by atoms with van der Waals surface area (Å²) < 4.78 is 0. The second-order valence-electron chi connectivity index (χ2n) is 6.30. The average molecular weight is 317 g/mol. The molecule has 2 aliphatic heterocycles. The molecule has 6 heteroatoms. The van der Waals surface area contributed by atoms with Gasteiger partial charge in [-0.25, -0.2) is 9.78 Å². The van der Waals surface area contributed by atoms with Crippen molar-refractivity contribution in [2.45, 2.75) is 44.6 Å². The molecule has 0 saturated carbocycles. The number of carboxylic acid groups (broad SMARTS) is 1. The van der Waals surface area contributed by atoms with E-state index >= 15 is 0 Å². The number of nitrogens with zero attached hydrogens (tertiary/aromatic N) is 3. The molecule has 0 bridgehead atoms. The quantitative estimate of drug-likeness (QED) is 0.924. The van der Waals surface area contributed by atoms with E-state index in [9.17, 15) is 14.7 Å². The largest absolute Gasteiger partial charge is 0.480 e. The second-order valence-corrected chi connectivity index (χ2v) is 6.30. The molecule has 23 heavy (non-hydrogen) atoms. The molecule has 0 radical (unpaired) electrons. The Bertz CT molecular complexity index is 565. The molecule has 0 aromatic carbocycles. The van der Waals surface area contributed by atoms with E-state index in [0.29, 0.717) is 18.5 Å². The number of carbonyl (C=O) groups is 2. The third kappa shape index (κ3) is 3.46. The highest BCUT2D eigenvalue weighted by Gasteiger charge is 2.34. The van der Waals surface area contributed by atoms with Crippen LogP contribution < -0.4 is 4.90 Å². The molecular weight excluding hydrogens is 294 g/mol. The molecule has 0 aliphatic carbocycles. The first-order valence-electron chi connectivity index (χ1n) is 8.41. The molecule has 2 fully saturated rings. The molecule has 0 unspecified atom stereocenters. The molecule has 1 atom stereocenters. The highest BCUT2D eigenvalue weighted by Crippen LogP contribution is 2.22. The van der Waals surface area contributed by atoms with E-state index in [1.807, 2.05) is 6.07 Å². The van der Waals surface area contributed by atoms with Gasteiger partial charge in [-0.2, -0.15) is 0 Å². The van der Waals surface area contributed by atoms with Crippen LogP contribution in [0, 0.1) is 0 Å². The Morgan fingerprint density at radius 2 is 1.78 bits per heavy atom. The minimum absolute atomic E-state index is 0.232. The van der Waals surface area contributed by atoms with Gasteiger partial charge in [0.25, 0.3) is 5.91 Å². The summed E-state index contributed by atoms with van der Waals surface area (Å²) >= 11 is 0. The number of aromatic nitrogens is 1. The van der Waals surface area contributed by atoms with Gasteiger partial charge in [-0.05, 0) is 37.8 Å². The van der Waals surface area contributed by atoms with Gasteiger partial charge in [-0.15, -0.1) is 0 Å². The lowest BCUT2D eigenvalue weighted by Crippen LogP contribution is -2.40. The zero-order valence-corrected chi connectivity index (χ0v) is 13.3. The maximum atomic E-state index is 12.5. The maximum absolute atomic E-state index is 12.5. The highest BCUT2D eigenvalue weighted by atomic mass is 16.4. The topological polar surface area (TPSA) is 73.7 Å². The van der Waals surface area contributed by atoms with Crippen LogP contribution in [0.2, 0.25) is 0 Å². The predicted octanol–water partition coefficient (Wildman–Crippen LogP) is 2.15. The van der Waals surface area contributed by atoms with Crippen LogP contribution in [-0.4, -0.2) is 52.5 Å². The van der Waals surface area contributed by atoms with Gasteiger partial charge in [-0.3, -0.25) is 4.79 Å². The van der Waals surface area contributed by atoms with Crippen molar-refractivity contribution in [1.29, 1.82) is 0 Å². The average Bonchev–Trinajstić information content (AvgIpc) is 2.90. The summed E-state index contributed by atoms with van der Waals surface area (Å²) in [5.41, 5.74) is 0.469. The van der Waals surface area contributed by atoms with Crippen LogP contribution in [-0.2, 0) is 4.79 Å². The van der Waals surface area contributed by atoms with Crippen molar-refractivity contribution in [2.24, 2.45) is 0 Å². The Hall–Kier alpha value is -2.11. The fourth-order valence-corrected chi connectivity index (χ4v) is 3.43. The number of amides is 1. The first kappa shape index (κ1) is 15.8. The fraction of sp³-hybridized carbons (Fsp3) is 0.588. The summed E-state index contributed by atoms with van der Waals surface area (Å²) in [6.45, 7) is 2.52. The molecule has 1 aromatic rings. The number of carboxylic acids is 1. The van der Waals surface area contributed by atoms with E-state index < -0.39 is 12.0 Å². The van der Waals surface area contributed by atoms with Crippen LogP contribution in [0.5, 0.6) is 0 Å². The van der Waals surface area contributed by atoms with Gasteiger partial charge in [0, 0.05) is 25.8 Å². The lowest BCUT2D eigenvalue weighted by molar-refractivity contribution is -0.141. The summed E-state index contributed by atoms with van der Waals surface area (Å²) in [7, 11) is 0. The first-order valence-corrected chi connectivity index (χ1v) is 8.41. The summed E-state index contributed by atoms with van der Waals surface area (Å²) in [5.74, 6) is -0.255. The van der Waals surface area contributed by atoms with Crippen LogP contribution in [0.15, 0.2) is 18.3 Å². The molecule has 2 saturated heterocycles. The second kappa shape index (κ2) is 6.98. The normalized spacial score (nSPS) is 22.0. The molecule has 3 rings (SSSR count). The smallest absolute Gasteiger partial charge is 0.326 e. The van der Waals surface area contributed by atoms with E-state index in [4.69, 9.17) is 0 Å². The maximum Gasteiger partial charge on any atom is 0.326 e. The number of anilines is 1. The molecule has 2 aliphatic rings. The summed E-state index contributed by atoms with van der Waals surface area (Å²) in [4.78, 5) is 31.9. The summed E-state index contributed by atoms with van der Waals surface area (Å²) in [5, 5.41) is 9.20. The Kier molecular flexibility index (Phi) is 4.79. The van der Waals surface area contributed by atoms with Gasteiger partial charge in [-0.1, -0.05) is 12.8 Å². The molecule has 1 aromatic heterocycles. The van der Waals surface area contributed by atoms with Crippen molar-refractivity contribution in [3.05, 3.63) is 23.9 Å². The third-order valence-corrected chi connectivity index (χ3v) is 4.72. The van der Waals surface area contributed by atoms with Crippen molar-refractivity contribution in [1.82, 2.24) is 9.88 Å². The van der Waals surface area contributed by atoms with Crippen LogP contribution in [0.1, 0.15) is 48.9 Å². The van der Waals surface area contributed by atoms with Crippen molar-refractivity contribution >= 4 is 17.7 Å². The Morgan fingerprint density at radius 3 is 2.39 bits per heavy atom. The summed E-state index contributed by atoms with van der Waals surface area (Å²) in [6.07, 6.45) is 7.73. The lowest BCUT2D eigenvalue weighted by Gasteiger charge is -2.23. The number of pyridine rings is 1. The summed E-state index contributed by atoms with van der Waals surface area (Å²) in [6, 6.07) is 2.95. The number of likely N-dealkylation sites (tertiary alicyclic amines) is 1. The molecule has 0 spiro atoms. The minimum atomic E-state index is -0.926. The molecule has 124 valence electrons. The molecular formula is C17H23N3O3. The van der Waals surface area contributed by atoms with Crippen LogP contribution in [0.25, 0.3) is 0 Å². The number of aliphatic carboxylic acids is 1. The number of hydrogen-bond donors (Lipinski definition) is 1. The van der Waals surface area contributed by atoms with Gasteiger partial charge < -0.3 is 14.9 Å². The zero-order valence-electron chi connectivity index (χ0n) is 13.3. The fourth-order valence-electron chi connectivity index (χ4n) is 3.43. The highest BCUT2D eigenvalue weighted by molar-refractivity contribution is 5.96. The lowest BCUT2D eigenvalue weighted by atomic mass is 10.2. The third-order valence-electron chi connectivity index (χ3n) is 4.72. The van der Waals surface area contributed by atoms with Crippen LogP contribution in [0.3, 0.4) is 0 Å². The van der Waals surface area contributed by atoms with Crippen molar-refractivity contribution in [2.75, 3.05) is 24.5 Å². The van der Waals surface area contributed by atoms with E-state index in [1.165, 1.54) is 30.6 Å². The number of carbonyl (C=O) groups excluding carboxylic acids is 1. The van der Waals surface area contributed by atoms with E-state index in [0.717, 1.165) is 25.3 Å². The van der Waals surface area contributed by atoms with Crippen molar-refractivity contribution in [3.63, 3.8) is 0 Å². The SMILES string of the molecule is O=C(O)[C@@H]1CCCN1C(=O)c1ccc(N2CCCCCC2)nc1. The zero-order chi connectivity index (χ0) is 16.2. The molecule has 1 N–H and O–H groups in total. The van der Waals surface area contributed by atoms with Crippen LogP contribution in [0.4, 0.5) is 5.82 Å². The van der Waals surface area contributed by atoms with Gasteiger partial charge in [0.05, 0.1) is 5.56 Å². The standard InChI is InChI=1S/C17H23N3O3/c21-16(20-11-5-6-14(20)17(22)23)13-7-8-15(18-12-13)19-9-3-1-2-4-10-19/h7-8,12,14H,1-6,9-11H2,(H,22,23)/t14-/m0/s1. The minimum Gasteiger partial charge on any atom is -0.480 e. The van der Waals surface area contributed by atoms with Gasteiger partial charge in [0.2, 0.25) is 0 Å². The Labute approximate surface area is 136 Å². The van der Waals surface area contributed by atoms with E-state index in [1.54, 1.807) is 12.3 Å². The van der Waals surface area contributed by atoms with Crippen molar-refractivity contribution in [3.8, 4) is 0 Å². The van der Waals surface area contributed by atoms with Gasteiger partial charge in [0.15, 0.2) is 0 Å².